The van der Waals surface area contributed by atoms with Crippen molar-refractivity contribution in [2.45, 2.75) is 6.92 Å². The highest BCUT2D eigenvalue weighted by Gasteiger charge is 1.93. The maximum atomic E-state index is 10.3. The zero-order chi connectivity index (χ0) is 5.28. The number of aryl methyl sites for hydroxylation is 1. The molecule has 1 rings (SSSR count). The summed E-state index contributed by atoms with van der Waals surface area (Å²) in [5, 5.41) is 12.2. The first kappa shape index (κ1) is 4.59. The topological polar surface area (TPSA) is 26.9 Å². The van der Waals surface area contributed by atoms with Gasteiger partial charge in [0.15, 0.2) is 0 Å². The highest BCUT2D eigenvalue weighted by molar-refractivity contribution is 7.07. The number of thiazole rings is 1. The molecule has 0 amide bonds. The second kappa shape index (κ2) is 1.50. The molecule has 38 valence electrons. The zero-order valence-electron chi connectivity index (χ0n) is 3.92. The van der Waals surface area contributed by atoms with Gasteiger partial charge in [-0.2, -0.15) is 4.73 Å². The quantitative estimate of drug-likeness (QED) is 0.361. The molecular weight excluding hydrogens is 110 g/mol. The third kappa shape index (κ3) is 0.718. The van der Waals surface area contributed by atoms with Crippen molar-refractivity contribution in [3.63, 3.8) is 0 Å². The zero-order valence-corrected chi connectivity index (χ0v) is 4.73. The van der Waals surface area contributed by atoms with Crippen molar-refractivity contribution >= 4 is 11.3 Å². The van der Waals surface area contributed by atoms with E-state index in [0.717, 1.165) is 10.4 Å². The second-order valence-electron chi connectivity index (χ2n) is 1.33. The summed E-state index contributed by atoms with van der Waals surface area (Å²) < 4.78 is 0.852. The van der Waals surface area contributed by atoms with E-state index in [4.69, 9.17) is 0 Å². The van der Waals surface area contributed by atoms with Crippen LogP contribution < -0.4 is 4.73 Å². The van der Waals surface area contributed by atoms with Gasteiger partial charge in [0.2, 0.25) is 11.2 Å². The summed E-state index contributed by atoms with van der Waals surface area (Å²) in [7, 11) is 0. The fraction of sp³-hybridized carbons (Fsp3) is 0.250. The van der Waals surface area contributed by atoms with E-state index in [0.29, 0.717) is 0 Å². The molecule has 0 unspecified atom stereocenters. The Morgan fingerprint density at radius 2 is 2.57 bits per heavy atom. The van der Waals surface area contributed by atoms with Crippen molar-refractivity contribution in [3.8, 4) is 0 Å². The molecule has 2 nitrogen and oxygen atoms in total. The lowest BCUT2D eigenvalue weighted by molar-refractivity contribution is -0.606. The summed E-state index contributed by atoms with van der Waals surface area (Å²) in [5.74, 6) is 0. The van der Waals surface area contributed by atoms with E-state index < -0.39 is 0 Å². The van der Waals surface area contributed by atoms with Crippen LogP contribution in [0.15, 0.2) is 10.9 Å². The average molecular weight is 115 g/mol. The number of nitrogens with zero attached hydrogens (tertiary/aromatic N) is 1. The fourth-order valence-corrected chi connectivity index (χ4v) is 0.958. The molecule has 1 heterocycles. The largest absolute Gasteiger partial charge is 0.618 e. The molecule has 1 aromatic rings. The molecule has 0 fully saturated rings. The normalized spacial score (nSPS) is 9.29. The molecule has 0 aliphatic heterocycles. The number of aromatic nitrogens is 1. The Labute approximate surface area is 45.6 Å². The van der Waals surface area contributed by atoms with E-state index in [-0.39, 0.29) is 0 Å². The Morgan fingerprint density at radius 3 is 2.71 bits per heavy atom. The third-order valence-electron chi connectivity index (χ3n) is 0.743. The first-order valence-electron chi connectivity index (χ1n) is 1.92. The molecule has 0 atom stereocenters. The van der Waals surface area contributed by atoms with Gasteiger partial charge in [-0.1, -0.05) is 11.3 Å². The van der Waals surface area contributed by atoms with Crippen LogP contribution in [0.4, 0.5) is 0 Å². The van der Waals surface area contributed by atoms with Crippen LogP contribution in [0.2, 0.25) is 0 Å². The van der Waals surface area contributed by atoms with Gasteiger partial charge in [-0.25, -0.2) is 0 Å². The van der Waals surface area contributed by atoms with Gasteiger partial charge < -0.3 is 5.21 Å². The smallest absolute Gasteiger partial charge is 0.236 e. The van der Waals surface area contributed by atoms with Crippen LogP contribution in [-0.4, -0.2) is 0 Å². The molecule has 0 N–H and O–H groups in total. The van der Waals surface area contributed by atoms with Crippen molar-refractivity contribution in [3.05, 3.63) is 21.8 Å². The molecule has 3 heteroatoms. The van der Waals surface area contributed by atoms with Gasteiger partial charge in [-0.3, -0.25) is 0 Å². The summed E-state index contributed by atoms with van der Waals surface area (Å²) in [6.45, 7) is 1.78. The lowest BCUT2D eigenvalue weighted by Gasteiger charge is -1.86. The predicted octanol–water partition coefficient (Wildman–Crippen LogP) is 0.690. The maximum Gasteiger partial charge on any atom is 0.236 e. The van der Waals surface area contributed by atoms with E-state index in [1.807, 2.05) is 5.38 Å². The summed E-state index contributed by atoms with van der Waals surface area (Å²) in [5.41, 5.74) is 2.29. The molecule has 0 aliphatic rings. The highest BCUT2D eigenvalue weighted by Crippen LogP contribution is 1.93. The molecule has 0 aliphatic carbocycles. The maximum absolute atomic E-state index is 10.3. The van der Waals surface area contributed by atoms with E-state index in [2.05, 4.69) is 0 Å². The van der Waals surface area contributed by atoms with E-state index >= 15 is 0 Å². The van der Waals surface area contributed by atoms with E-state index in [1.165, 1.54) is 16.8 Å². The minimum absolute atomic E-state index is 0.769. The fourth-order valence-electron chi connectivity index (χ4n) is 0.319. The van der Waals surface area contributed by atoms with Gasteiger partial charge in [0, 0.05) is 6.92 Å². The highest BCUT2D eigenvalue weighted by atomic mass is 32.1. The first-order valence-corrected chi connectivity index (χ1v) is 2.87. The molecule has 0 aromatic carbocycles. The monoisotopic (exact) mass is 115 g/mol. The Morgan fingerprint density at radius 1 is 1.86 bits per heavy atom. The molecule has 0 radical (unpaired) electrons. The van der Waals surface area contributed by atoms with Crippen LogP contribution in [0, 0.1) is 12.1 Å². The van der Waals surface area contributed by atoms with Gasteiger partial charge in [0.1, 0.15) is 0 Å². The van der Waals surface area contributed by atoms with Crippen molar-refractivity contribution in [2.75, 3.05) is 0 Å². The SMILES string of the molecule is Cc1csc[n+]1[O-]. The van der Waals surface area contributed by atoms with E-state index in [1.54, 1.807) is 6.92 Å². The third-order valence-corrected chi connectivity index (χ3v) is 1.53. The van der Waals surface area contributed by atoms with Crippen molar-refractivity contribution in [2.24, 2.45) is 0 Å². The molecule has 7 heavy (non-hydrogen) atoms. The molecule has 0 saturated heterocycles. The van der Waals surface area contributed by atoms with E-state index in [9.17, 15) is 5.21 Å². The minimum Gasteiger partial charge on any atom is -0.618 e. The molecule has 1 aromatic heterocycles. The summed E-state index contributed by atoms with van der Waals surface area (Å²) in [6.07, 6.45) is 0. The number of rotatable bonds is 0. The Balaban J connectivity index is 3.12. The molecule has 0 spiro atoms. The number of hydrogen-bond acceptors (Lipinski definition) is 2. The van der Waals surface area contributed by atoms with Crippen LogP contribution >= 0.6 is 11.3 Å². The van der Waals surface area contributed by atoms with Crippen molar-refractivity contribution in [1.29, 1.82) is 0 Å². The van der Waals surface area contributed by atoms with Gasteiger partial charge in [0.25, 0.3) is 0 Å². The Hall–Kier alpha value is -0.570. The average Bonchev–Trinajstić information content (AvgIpc) is 1.91. The molecular formula is C4H5NOS. The Bertz CT molecular complexity index is 144. The van der Waals surface area contributed by atoms with Gasteiger partial charge in [-0.05, 0) is 0 Å². The second-order valence-corrected chi connectivity index (χ2v) is 2.05. The van der Waals surface area contributed by atoms with Crippen LogP contribution in [0.1, 0.15) is 5.69 Å². The standard InChI is InChI=1S/C4H5NOS/c1-4-2-7-3-5(4)6/h2-3H,1H3. The Kier molecular flexibility index (Phi) is 0.982. The van der Waals surface area contributed by atoms with Gasteiger partial charge in [-0.15, -0.1) is 0 Å². The summed E-state index contributed by atoms with van der Waals surface area (Å²) in [6, 6.07) is 0. The van der Waals surface area contributed by atoms with Crippen LogP contribution in [0.25, 0.3) is 0 Å². The van der Waals surface area contributed by atoms with Crippen LogP contribution in [-0.2, 0) is 0 Å². The summed E-state index contributed by atoms with van der Waals surface area (Å²) >= 11 is 1.42. The summed E-state index contributed by atoms with van der Waals surface area (Å²) in [4.78, 5) is 0. The van der Waals surface area contributed by atoms with Gasteiger partial charge >= 0.3 is 0 Å². The van der Waals surface area contributed by atoms with Crippen LogP contribution in [0.3, 0.4) is 0 Å². The lowest BCUT2D eigenvalue weighted by atomic mass is 10.6. The minimum atomic E-state index is 0.769. The van der Waals surface area contributed by atoms with Gasteiger partial charge in [0.05, 0.1) is 5.38 Å². The predicted molar refractivity (Wildman–Crippen MR) is 28.0 cm³/mol. The molecule has 0 saturated carbocycles. The lowest BCUT2D eigenvalue weighted by Crippen LogP contribution is -2.24. The van der Waals surface area contributed by atoms with Crippen LogP contribution in [0.5, 0.6) is 0 Å². The van der Waals surface area contributed by atoms with Crippen molar-refractivity contribution in [1.82, 2.24) is 0 Å². The molecule has 0 bridgehead atoms. The first-order chi connectivity index (χ1) is 3.30. The van der Waals surface area contributed by atoms with Crippen molar-refractivity contribution < 1.29 is 4.73 Å². The number of hydrogen-bond donors (Lipinski definition) is 0.